The lowest BCUT2D eigenvalue weighted by atomic mass is 9.93. The van der Waals surface area contributed by atoms with Gasteiger partial charge in [0.25, 0.3) is 5.91 Å². The van der Waals surface area contributed by atoms with Gasteiger partial charge < -0.3 is 19.9 Å². The quantitative estimate of drug-likeness (QED) is 0.761. The maximum absolute atomic E-state index is 10.1. The molecule has 0 bridgehead atoms. The molecule has 2 aliphatic rings. The molecule has 2 aromatic carbocycles. The molecule has 2 N–H and O–H groups in total. The van der Waals surface area contributed by atoms with Crippen molar-refractivity contribution in [3.8, 4) is 17.9 Å². The highest BCUT2D eigenvalue weighted by atomic mass is 16.7. The Morgan fingerprint density at radius 2 is 1.76 bits per heavy atom. The summed E-state index contributed by atoms with van der Waals surface area (Å²) >= 11 is 0. The van der Waals surface area contributed by atoms with Crippen molar-refractivity contribution in [1.82, 2.24) is 0 Å². The summed E-state index contributed by atoms with van der Waals surface area (Å²) in [5, 5.41) is 20.1. The third-order valence-electron chi connectivity index (χ3n) is 5.92. The molecule has 1 heterocycles. The number of nitrogens with zero attached hydrogens (tertiary/aromatic N) is 3. The van der Waals surface area contributed by atoms with Crippen molar-refractivity contribution < 1.29 is 14.2 Å². The van der Waals surface area contributed by atoms with Gasteiger partial charge in [-0.1, -0.05) is 42.5 Å². The van der Waals surface area contributed by atoms with Gasteiger partial charge in [-0.3, -0.25) is 0 Å². The number of amidine groups is 1. The highest BCUT2D eigenvalue weighted by Crippen LogP contribution is 2.81. The molecule has 0 saturated heterocycles. The Bertz CT molecular complexity index is 1050. The van der Waals surface area contributed by atoms with Crippen LogP contribution >= 0.6 is 0 Å². The number of aliphatic imine (C=N–C) groups is 1. The maximum atomic E-state index is 10.1. The monoisotopic (exact) mass is 388 g/mol. The molecule has 0 unspecified atom stereocenters. The molecule has 4 rings (SSSR count). The van der Waals surface area contributed by atoms with E-state index in [2.05, 4.69) is 17.1 Å². The van der Waals surface area contributed by atoms with Gasteiger partial charge in [-0.05, 0) is 23.3 Å². The van der Waals surface area contributed by atoms with Crippen molar-refractivity contribution in [2.75, 3.05) is 14.2 Å². The summed E-state index contributed by atoms with van der Waals surface area (Å²) in [6.07, 6.45) is 0. The largest absolute Gasteiger partial charge is 0.489 e. The van der Waals surface area contributed by atoms with Crippen LogP contribution in [0, 0.1) is 33.5 Å². The molecule has 0 amide bonds. The molecular formula is C22H20N4O3. The Hall–Kier alpha value is -3.39. The first-order valence-corrected chi connectivity index (χ1v) is 9.10. The lowest BCUT2D eigenvalue weighted by molar-refractivity contribution is -0.230. The number of rotatable bonds is 6. The second kappa shape index (κ2) is 6.59. The summed E-state index contributed by atoms with van der Waals surface area (Å²) in [7, 11) is 2.78. The molecular weight excluding hydrogens is 368 g/mol. The van der Waals surface area contributed by atoms with Crippen LogP contribution in [0.4, 0.5) is 0 Å². The van der Waals surface area contributed by atoms with E-state index >= 15 is 0 Å². The van der Waals surface area contributed by atoms with Crippen molar-refractivity contribution in [2.45, 2.75) is 18.4 Å². The molecule has 7 heteroatoms. The third kappa shape index (κ3) is 2.26. The molecule has 0 radical (unpaired) electrons. The number of hydrogen-bond acceptors (Lipinski definition) is 7. The third-order valence-corrected chi connectivity index (χ3v) is 5.92. The first-order valence-electron chi connectivity index (χ1n) is 9.10. The van der Waals surface area contributed by atoms with E-state index in [9.17, 15) is 10.5 Å². The van der Waals surface area contributed by atoms with E-state index in [-0.39, 0.29) is 5.84 Å². The molecule has 2 aromatic rings. The molecule has 1 saturated carbocycles. The number of fused-ring (bicyclic) bond motifs is 1. The fraction of sp³-hybridized carbons (Fsp3) is 0.318. The van der Waals surface area contributed by atoms with Gasteiger partial charge in [0.15, 0.2) is 5.41 Å². The van der Waals surface area contributed by atoms with Crippen LogP contribution in [0.25, 0.3) is 0 Å². The normalized spacial score (nSPS) is 28.6. The van der Waals surface area contributed by atoms with Crippen LogP contribution < -0.4 is 10.5 Å². The maximum Gasteiger partial charge on any atom is 0.292 e. The van der Waals surface area contributed by atoms with Crippen molar-refractivity contribution in [3.63, 3.8) is 0 Å². The van der Waals surface area contributed by atoms with Gasteiger partial charge >= 0.3 is 0 Å². The summed E-state index contributed by atoms with van der Waals surface area (Å²) in [5.74, 6) is -1.50. The van der Waals surface area contributed by atoms with Crippen LogP contribution in [0.3, 0.4) is 0 Å². The number of nitrogens with two attached hydrogens (primary N) is 1. The number of benzene rings is 2. The lowest BCUT2D eigenvalue weighted by Gasteiger charge is -2.29. The van der Waals surface area contributed by atoms with Crippen LogP contribution in [0.15, 0.2) is 59.6 Å². The van der Waals surface area contributed by atoms with Crippen LogP contribution in [0.1, 0.15) is 17.0 Å². The highest BCUT2D eigenvalue weighted by molar-refractivity contribution is 6.00. The SMILES string of the molecule is COC1(OC)N=C(N)[C@]2(C#N)[C@@H](c3cccc(OCc4ccccc4)c3)[C@@]12C#N. The smallest absolute Gasteiger partial charge is 0.292 e. The zero-order valence-electron chi connectivity index (χ0n) is 16.1. The molecule has 7 nitrogen and oxygen atoms in total. The van der Waals surface area contributed by atoms with Gasteiger partial charge in [-0.25, -0.2) is 4.99 Å². The summed E-state index contributed by atoms with van der Waals surface area (Å²) < 4.78 is 16.9. The van der Waals surface area contributed by atoms with Gasteiger partial charge in [-0.15, -0.1) is 0 Å². The number of methoxy groups -OCH3 is 2. The summed E-state index contributed by atoms with van der Waals surface area (Å²) in [5.41, 5.74) is 5.23. The first kappa shape index (κ1) is 18.9. The van der Waals surface area contributed by atoms with Crippen LogP contribution in [-0.4, -0.2) is 26.0 Å². The molecule has 146 valence electrons. The van der Waals surface area contributed by atoms with Gasteiger partial charge in [0.1, 0.15) is 23.6 Å². The number of nitriles is 2. The molecule has 0 spiro atoms. The van der Waals surface area contributed by atoms with E-state index in [1.54, 1.807) is 0 Å². The Morgan fingerprint density at radius 3 is 2.38 bits per heavy atom. The van der Waals surface area contributed by atoms with Gasteiger partial charge in [0.05, 0.1) is 12.1 Å². The highest BCUT2D eigenvalue weighted by Gasteiger charge is 2.93. The molecule has 1 aliphatic heterocycles. The van der Waals surface area contributed by atoms with Crippen molar-refractivity contribution in [1.29, 1.82) is 10.5 Å². The second-order valence-electron chi connectivity index (χ2n) is 7.11. The van der Waals surface area contributed by atoms with Crippen molar-refractivity contribution in [2.24, 2.45) is 21.6 Å². The zero-order valence-corrected chi connectivity index (χ0v) is 16.1. The summed E-state index contributed by atoms with van der Waals surface area (Å²) in [6.45, 7) is 0.408. The Balaban J connectivity index is 1.70. The van der Waals surface area contributed by atoms with Crippen LogP contribution in [0.5, 0.6) is 5.75 Å². The molecule has 1 aliphatic carbocycles. The topological polar surface area (TPSA) is 114 Å². The fourth-order valence-corrected chi connectivity index (χ4v) is 4.55. The van der Waals surface area contributed by atoms with Crippen LogP contribution in [0.2, 0.25) is 0 Å². The van der Waals surface area contributed by atoms with E-state index in [0.717, 1.165) is 11.1 Å². The van der Waals surface area contributed by atoms with E-state index < -0.39 is 22.7 Å². The van der Waals surface area contributed by atoms with Crippen molar-refractivity contribution in [3.05, 3.63) is 65.7 Å². The number of hydrogen-bond donors (Lipinski definition) is 1. The van der Waals surface area contributed by atoms with Gasteiger partial charge in [0, 0.05) is 20.1 Å². The number of ether oxygens (including phenoxy) is 3. The van der Waals surface area contributed by atoms with E-state index in [1.165, 1.54) is 14.2 Å². The van der Waals surface area contributed by atoms with Crippen molar-refractivity contribution >= 4 is 5.84 Å². The molecule has 1 fully saturated rings. The average molecular weight is 388 g/mol. The predicted octanol–water partition coefficient (Wildman–Crippen LogP) is 2.70. The minimum absolute atomic E-state index is 0.0471. The minimum atomic E-state index is -1.63. The zero-order chi connectivity index (χ0) is 20.7. The Labute approximate surface area is 168 Å². The van der Waals surface area contributed by atoms with Crippen LogP contribution in [-0.2, 0) is 16.1 Å². The molecule has 3 atom stereocenters. The first-order chi connectivity index (χ1) is 14.0. The molecule has 29 heavy (non-hydrogen) atoms. The second-order valence-corrected chi connectivity index (χ2v) is 7.11. The predicted molar refractivity (Wildman–Crippen MR) is 104 cm³/mol. The fourth-order valence-electron chi connectivity index (χ4n) is 4.55. The van der Waals surface area contributed by atoms with Gasteiger partial charge in [-0.2, -0.15) is 10.5 Å². The standard InChI is InChI=1S/C22H20N4O3/c1-27-22(28-2)21(14-24)18(20(21,13-23)19(25)26-22)16-9-6-10-17(11-16)29-12-15-7-4-3-5-8-15/h3-11,18H,12H2,1-2H3,(H2,25,26)/t18-,20+,21-/m1/s1. The van der Waals surface area contributed by atoms with Gasteiger partial charge in [0.2, 0.25) is 0 Å². The van der Waals surface area contributed by atoms with E-state index in [1.807, 2.05) is 54.6 Å². The Morgan fingerprint density at radius 1 is 1.03 bits per heavy atom. The lowest BCUT2D eigenvalue weighted by Crippen LogP contribution is -2.41. The molecule has 0 aromatic heterocycles. The van der Waals surface area contributed by atoms with E-state index in [4.69, 9.17) is 19.9 Å². The van der Waals surface area contributed by atoms with E-state index in [0.29, 0.717) is 12.4 Å². The Kier molecular flexibility index (Phi) is 4.31. The minimum Gasteiger partial charge on any atom is -0.489 e. The summed E-state index contributed by atoms with van der Waals surface area (Å²) in [4.78, 5) is 4.22. The average Bonchev–Trinajstić information content (AvgIpc) is 3.35. The summed E-state index contributed by atoms with van der Waals surface area (Å²) in [6, 6.07) is 21.6.